The zero-order valence-electron chi connectivity index (χ0n) is 23.0. The summed E-state index contributed by atoms with van der Waals surface area (Å²) in [7, 11) is -2.98. The van der Waals surface area contributed by atoms with Crippen molar-refractivity contribution in [3.63, 3.8) is 0 Å². The van der Waals surface area contributed by atoms with Crippen LogP contribution in [-0.2, 0) is 14.6 Å². The number of rotatable bonds is 6. The Morgan fingerprint density at radius 1 is 1.07 bits per heavy atom. The third-order valence-corrected chi connectivity index (χ3v) is 10.5. The molecule has 1 saturated heterocycles. The number of aromatic nitrogens is 1. The van der Waals surface area contributed by atoms with Crippen molar-refractivity contribution in [3.05, 3.63) is 60.1 Å². The second kappa shape index (κ2) is 10.6. The summed E-state index contributed by atoms with van der Waals surface area (Å²) in [6.45, 7) is 2.87. The molecule has 4 unspecified atom stereocenters. The lowest BCUT2D eigenvalue weighted by molar-refractivity contribution is -0.127. The van der Waals surface area contributed by atoms with E-state index < -0.39 is 15.4 Å². The van der Waals surface area contributed by atoms with Gasteiger partial charge in [0.1, 0.15) is 22.8 Å². The van der Waals surface area contributed by atoms with Crippen molar-refractivity contribution >= 4 is 21.4 Å². The first-order valence-electron chi connectivity index (χ1n) is 14.2. The molecule has 2 aliphatic carbocycles. The van der Waals surface area contributed by atoms with Gasteiger partial charge in [0.25, 0.3) is 0 Å². The van der Waals surface area contributed by atoms with Gasteiger partial charge in [-0.15, -0.1) is 0 Å². The van der Waals surface area contributed by atoms with Crippen LogP contribution >= 0.6 is 0 Å². The van der Waals surface area contributed by atoms with Crippen molar-refractivity contribution in [3.8, 4) is 28.8 Å². The van der Waals surface area contributed by atoms with Crippen LogP contribution in [0.1, 0.15) is 50.7 Å². The molecule has 41 heavy (non-hydrogen) atoms. The van der Waals surface area contributed by atoms with Gasteiger partial charge in [0.2, 0.25) is 11.8 Å². The monoisotopic (exact) mass is 576 g/mol. The molecule has 2 saturated carbocycles. The second-order valence-corrected chi connectivity index (χ2v) is 13.9. The molecule has 2 aromatic carbocycles. The van der Waals surface area contributed by atoms with E-state index in [0.717, 1.165) is 30.5 Å². The summed E-state index contributed by atoms with van der Waals surface area (Å²) in [6, 6.07) is 16.1. The first kappa shape index (κ1) is 27.5. The van der Waals surface area contributed by atoms with Crippen LogP contribution in [0.4, 0.5) is 10.1 Å². The summed E-state index contributed by atoms with van der Waals surface area (Å²) in [5.41, 5.74) is 2.24. The summed E-state index contributed by atoms with van der Waals surface area (Å²) in [4.78, 5) is 20.5. The largest absolute Gasteiger partial charge is 0.440 e. The Bertz CT molecular complexity index is 1580. The van der Waals surface area contributed by atoms with Gasteiger partial charge in [-0.1, -0.05) is 31.9 Å². The van der Waals surface area contributed by atoms with Crippen molar-refractivity contribution in [2.75, 3.05) is 29.5 Å². The summed E-state index contributed by atoms with van der Waals surface area (Å²) < 4.78 is 43.8. The molecule has 1 aliphatic heterocycles. The molecule has 1 amide bonds. The fraction of sp³-hybridized carbons (Fsp3) is 0.452. The lowest BCUT2D eigenvalue weighted by atomic mass is 9.76. The predicted octanol–water partition coefficient (Wildman–Crippen LogP) is 5.07. The van der Waals surface area contributed by atoms with Gasteiger partial charge in [0.05, 0.1) is 17.6 Å². The van der Waals surface area contributed by atoms with Crippen LogP contribution in [0.3, 0.4) is 0 Å². The van der Waals surface area contributed by atoms with E-state index in [0.29, 0.717) is 48.8 Å². The van der Waals surface area contributed by atoms with E-state index in [4.69, 9.17) is 9.40 Å². The highest BCUT2D eigenvalue weighted by atomic mass is 32.2. The van der Waals surface area contributed by atoms with Crippen LogP contribution in [0.2, 0.25) is 0 Å². The topological polar surface area (TPSA) is 116 Å². The van der Waals surface area contributed by atoms with Gasteiger partial charge in [0, 0.05) is 41.7 Å². The van der Waals surface area contributed by atoms with E-state index in [1.165, 1.54) is 12.1 Å². The maximum absolute atomic E-state index is 13.7. The van der Waals surface area contributed by atoms with Gasteiger partial charge < -0.3 is 14.6 Å². The normalized spacial score (nSPS) is 27.1. The number of nitrogens with zero attached hydrogens (tertiary/aromatic N) is 3. The maximum atomic E-state index is 13.7. The predicted molar refractivity (Wildman–Crippen MR) is 153 cm³/mol. The number of carbonyl (C=O) groups excluding carboxylic acids is 1. The number of anilines is 1. The van der Waals surface area contributed by atoms with E-state index in [1.807, 2.05) is 31.2 Å². The third kappa shape index (κ3) is 5.47. The molecule has 1 aromatic heterocycles. The van der Waals surface area contributed by atoms with Crippen LogP contribution in [0, 0.1) is 29.0 Å². The van der Waals surface area contributed by atoms with E-state index in [9.17, 15) is 22.9 Å². The van der Waals surface area contributed by atoms with Crippen LogP contribution in [0.5, 0.6) is 0 Å². The summed E-state index contributed by atoms with van der Waals surface area (Å²) in [5, 5.41) is 12.7. The summed E-state index contributed by atoms with van der Waals surface area (Å²) in [6.07, 6.45) is 3.95. The standard InChI is InChI=1S/C31H33FN4O4S/c1-20-18-31(20,19-33)35-29(37)26-5-3-2-4-25(26)28-27(34-30(40-28)22-6-10-23(32)11-7-22)21-8-12-24(13-9-21)36-14-16-41(38,39)17-15-36/h6-13,20,25-26H,2-5,14-18H2,1H3,(H,35,37). The number of sulfone groups is 1. The average Bonchev–Trinajstić information content (AvgIpc) is 3.40. The zero-order chi connectivity index (χ0) is 28.8. The van der Waals surface area contributed by atoms with Crippen LogP contribution in [0.25, 0.3) is 22.7 Å². The van der Waals surface area contributed by atoms with E-state index in [2.05, 4.69) is 16.3 Å². The minimum atomic E-state index is -2.98. The highest BCUT2D eigenvalue weighted by Crippen LogP contribution is 2.46. The Hall–Kier alpha value is -3.71. The molecule has 1 N–H and O–H groups in total. The van der Waals surface area contributed by atoms with Gasteiger partial charge in [-0.25, -0.2) is 17.8 Å². The number of hydrogen-bond donors (Lipinski definition) is 1. The minimum Gasteiger partial charge on any atom is -0.440 e. The van der Waals surface area contributed by atoms with Gasteiger partial charge in [-0.2, -0.15) is 5.26 Å². The number of amides is 1. The van der Waals surface area contributed by atoms with E-state index >= 15 is 0 Å². The summed E-state index contributed by atoms with van der Waals surface area (Å²) in [5.74, 6) is 0.322. The van der Waals surface area contributed by atoms with Crippen molar-refractivity contribution in [2.24, 2.45) is 11.8 Å². The number of carbonyl (C=O) groups is 1. The molecule has 3 aromatic rings. The molecule has 0 bridgehead atoms. The molecular formula is C31H33FN4O4S. The number of benzene rings is 2. The third-order valence-electron chi connectivity index (χ3n) is 8.89. The fourth-order valence-electron chi connectivity index (χ4n) is 6.16. The molecule has 10 heteroatoms. The first-order valence-corrected chi connectivity index (χ1v) is 16.1. The van der Waals surface area contributed by atoms with Gasteiger partial charge in [-0.3, -0.25) is 4.79 Å². The Balaban J connectivity index is 1.34. The molecule has 214 valence electrons. The minimum absolute atomic E-state index is 0.123. The molecule has 6 rings (SSSR count). The number of nitrogens with one attached hydrogen (secondary N) is 1. The highest BCUT2D eigenvalue weighted by Gasteiger charge is 2.54. The Morgan fingerprint density at radius 3 is 2.34 bits per heavy atom. The molecule has 0 radical (unpaired) electrons. The maximum Gasteiger partial charge on any atom is 0.226 e. The van der Waals surface area contributed by atoms with Gasteiger partial charge >= 0.3 is 0 Å². The first-order chi connectivity index (χ1) is 19.7. The zero-order valence-corrected chi connectivity index (χ0v) is 23.8. The molecule has 3 fully saturated rings. The molecule has 2 heterocycles. The molecule has 3 aliphatic rings. The Morgan fingerprint density at radius 2 is 1.71 bits per heavy atom. The van der Waals surface area contributed by atoms with Crippen molar-refractivity contribution in [1.82, 2.24) is 10.3 Å². The molecule has 4 atom stereocenters. The number of halogens is 1. The fourth-order valence-corrected chi connectivity index (χ4v) is 7.36. The number of hydrogen-bond acceptors (Lipinski definition) is 7. The Labute approximate surface area is 239 Å². The lowest BCUT2D eigenvalue weighted by Gasteiger charge is -2.30. The van der Waals surface area contributed by atoms with Gasteiger partial charge in [0.15, 0.2) is 9.84 Å². The van der Waals surface area contributed by atoms with E-state index in [1.54, 1.807) is 12.1 Å². The van der Waals surface area contributed by atoms with Crippen molar-refractivity contribution < 1.29 is 22.0 Å². The average molecular weight is 577 g/mol. The number of oxazole rings is 1. The smallest absolute Gasteiger partial charge is 0.226 e. The van der Waals surface area contributed by atoms with Crippen LogP contribution in [0.15, 0.2) is 52.9 Å². The van der Waals surface area contributed by atoms with Crippen LogP contribution in [-0.4, -0.2) is 49.4 Å². The highest BCUT2D eigenvalue weighted by molar-refractivity contribution is 7.91. The Kier molecular flexibility index (Phi) is 7.10. The quantitative estimate of drug-likeness (QED) is 0.435. The number of nitriles is 1. The molecule has 0 spiro atoms. The van der Waals surface area contributed by atoms with Crippen molar-refractivity contribution in [2.45, 2.75) is 50.5 Å². The van der Waals surface area contributed by atoms with Crippen molar-refractivity contribution in [1.29, 1.82) is 5.26 Å². The van der Waals surface area contributed by atoms with Gasteiger partial charge in [-0.05, 0) is 61.6 Å². The van der Waals surface area contributed by atoms with Crippen LogP contribution < -0.4 is 10.2 Å². The molecule has 8 nitrogen and oxygen atoms in total. The second-order valence-electron chi connectivity index (χ2n) is 11.6. The van der Waals surface area contributed by atoms with E-state index in [-0.39, 0.29) is 41.0 Å². The molecular weight excluding hydrogens is 543 g/mol. The lowest BCUT2D eigenvalue weighted by Crippen LogP contribution is -2.43. The SMILES string of the molecule is CC1CC1(C#N)NC(=O)C1CCCCC1c1oc(-c2ccc(F)cc2)nc1-c1ccc(N2CCS(=O)(=O)CC2)cc1. The summed E-state index contributed by atoms with van der Waals surface area (Å²) >= 11 is 0.